The molecule has 1 aromatic carbocycles. The van der Waals surface area contributed by atoms with E-state index in [1.54, 1.807) is 39.0 Å². The molecule has 0 bridgehead atoms. The van der Waals surface area contributed by atoms with Gasteiger partial charge in [0.05, 0.1) is 5.75 Å². The predicted octanol–water partition coefficient (Wildman–Crippen LogP) is 3.21. The highest BCUT2D eigenvalue weighted by molar-refractivity contribution is 7.88. The molecule has 96 valence electrons. The third-order valence-electron chi connectivity index (χ3n) is 1.86. The van der Waals surface area contributed by atoms with Crippen molar-refractivity contribution >= 4 is 33.2 Å². The van der Waals surface area contributed by atoms with Crippen LogP contribution in [-0.2, 0) is 15.8 Å². The van der Waals surface area contributed by atoms with Crippen LogP contribution in [0.2, 0.25) is 10.0 Å². The Kier molecular flexibility index (Phi) is 4.47. The molecule has 1 rings (SSSR count). The zero-order valence-corrected chi connectivity index (χ0v) is 12.2. The van der Waals surface area contributed by atoms with E-state index in [1.165, 1.54) is 0 Å². The first-order chi connectivity index (χ1) is 7.61. The van der Waals surface area contributed by atoms with Gasteiger partial charge in [-0.1, -0.05) is 29.3 Å². The lowest BCUT2D eigenvalue weighted by molar-refractivity contribution is 0.491. The van der Waals surface area contributed by atoms with Gasteiger partial charge in [0.1, 0.15) is 0 Å². The smallest absolute Gasteiger partial charge is 0.212 e. The molecule has 0 unspecified atom stereocenters. The minimum Gasteiger partial charge on any atom is -0.212 e. The lowest BCUT2D eigenvalue weighted by Gasteiger charge is -2.20. The third kappa shape index (κ3) is 4.84. The summed E-state index contributed by atoms with van der Waals surface area (Å²) in [4.78, 5) is 0. The Bertz CT molecular complexity index is 486. The lowest BCUT2D eigenvalue weighted by Crippen LogP contribution is -2.41. The number of hydrogen-bond donors (Lipinski definition) is 1. The Morgan fingerprint density at radius 1 is 1.18 bits per heavy atom. The quantitative estimate of drug-likeness (QED) is 0.931. The molecular formula is C11H15Cl2NO2S. The van der Waals surface area contributed by atoms with Crippen LogP contribution in [0.3, 0.4) is 0 Å². The molecule has 0 amide bonds. The zero-order chi connectivity index (χ0) is 13.3. The summed E-state index contributed by atoms with van der Waals surface area (Å²) in [6.45, 7) is 5.33. The van der Waals surface area contributed by atoms with Crippen molar-refractivity contribution in [3.05, 3.63) is 33.8 Å². The second-order valence-electron chi connectivity index (χ2n) is 4.81. The molecule has 17 heavy (non-hydrogen) atoms. The molecule has 0 heterocycles. The van der Waals surface area contributed by atoms with Crippen LogP contribution in [0.4, 0.5) is 0 Å². The highest BCUT2D eigenvalue weighted by atomic mass is 35.5. The fraction of sp³-hybridized carbons (Fsp3) is 0.455. The van der Waals surface area contributed by atoms with Gasteiger partial charge in [-0.3, -0.25) is 0 Å². The molecule has 3 nitrogen and oxygen atoms in total. The Balaban J connectivity index is 2.99. The highest BCUT2D eigenvalue weighted by Gasteiger charge is 2.22. The van der Waals surface area contributed by atoms with Gasteiger partial charge in [0.2, 0.25) is 10.0 Å². The van der Waals surface area contributed by atoms with E-state index in [-0.39, 0.29) is 5.75 Å². The summed E-state index contributed by atoms with van der Waals surface area (Å²) in [5, 5.41) is 0.716. The number of rotatable bonds is 3. The second kappa shape index (κ2) is 5.14. The highest BCUT2D eigenvalue weighted by Crippen LogP contribution is 2.26. The Morgan fingerprint density at radius 2 is 1.65 bits per heavy atom. The first-order valence-corrected chi connectivity index (χ1v) is 7.46. The maximum atomic E-state index is 11.9. The van der Waals surface area contributed by atoms with Crippen molar-refractivity contribution < 1.29 is 8.42 Å². The van der Waals surface area contributed by atoms with E-state index < -0.39 is 15.6 Å². The number of sulfonamides is 1. The lowest BCUT2D eigenvalue weighted by atomic mass is 10.1. The average molecular weight is 296 g/mol. The molecular weight excluding hydrogens is 281 g/mol. The zero-order valence-electron chi connectivity index (χ0n) is 9.92. The summed E-state index contributed by atoms with van der Waals surface area (Å²) in [6.07, 6.45) is 0. The van der Waals surface area contributed by atoms with Gasteiger partial charge in [0.15, 0.2) is 0 Å². The summed E-state index contributed by atoms with van der Waals surface area (Å²) in [5.41, 5.74) is -0.0976. The molecule has 0 saturated heterocycles. The molecule has 1 aromatic rings. The molecule has 0 aliphatic heterocycles. The minimum atomic E-state index is -3.46. The van der Waals surface area contributed by atoms with E-state index in [4.69, 9.17) is 23.2 Å². The van der Waals surface area contributed by atoms with Crippen molar-refractivity contribution in [1.29, 1.82) is 0 Å². The Hall–Kier alpha value is -0.290. The van der Waals surface area contributed by atoms with Crippen molar-refractivity contribution in [2.75, 3.05) is 0 Å². The van der Waals surface area contributed by atoms with Crippen molar-refractivity contribution in [2.24, 2.45) is 0 Å². The first-order valence-electron chi connectivity index (χ1n) is 5.05. The summed E-state index contributed by atoms with van der Waals surface area (Å²) < 4.78 is 26.3. The molecule has 0 aromatic heterocycles. The predicted molar refractivity (Wildman–Crippen MR) is 72.0 cm³/mol. The van der Waals surface area contributed by atoms with Crippen molar-refractivity contribution in [1.82, 2.24) is 4.72 Å². The van der Waals surface area contributed by atoms with Crippen LogP contribution in [0.15, 0.2) is 18.2 Å². The standard InChI is InChI=1S/C11H15Cl2NO2S/c1-11(2,3)14-17(15,16)7-8-9(12)5-4-6-10(8)13/h4-6,14H,7H2,1-3H3. The minimum absolute atomic E-state index is 0.219. The second-order valence-corrected chi connectivity index (χ2v) is 7.35. The van der Waals surface area contributed by atoms with Gasteiger partial charge in [-0.25, -0.2) is 13.1 Å². The van der Waals surface area contributed by atoms with Crippen LogP contribution in [0, 0.1) is 0 Å². The van der Waals surface area contributed by atoms with Gasteiger partial charge in [-0.2, -0.15) is 0 Å². The summed E-state index contributed by atoms with van der Waals surface area (Å²) in [7, 11) is -3.46. The van der Waals surface area contributed by atoms with Crippen LogP contribution in [-0.4, -0.2) is 14.0 Å². The maximum Gasteiger partial charge on any atom is 0.216 e. The van der Waals surface area contributed by atoms with Crippen LogP contribution < -0.4 is 4.72 Å². The summed E-state index contributed by atoms with van der Waals surface area (Å²) in [5.74, 6) is -0.219. The van der Waals surface area contributed by atoms with Gasteiger partial charge in [0.25, 0.3) is 0 Å². The molecule has 0 radical (unpaired) electrons. The molecule has 0 aliphatic rings. The van der Waals surface area contributed by atoms with E-state index in [2.05, 4.69) is 4.72 Å². The number of benzene rings is 1. The fourth-order valence-electron chi connectivity index (χ4n) is 1.36. The van der Waals surface area contributed by atoms with Crippen LogP contribution in [0.1, 0.15) is 26.3 Å². The van der Waals surface area contributed by atoms with Crippen molar-refractivity contribution in [3.8, 4) is 0 Å². The van der Waals surface area contributed by atoms with Crippen LogP contribution >= 0.6 is 23.2 Å². The van der Waals surface area contributed by atoms with Gasteiger partial charge in [-0.05, 0) is 32.9 Å². The number of halogens is 2. The van der Waals surface area contributed by atoms with Crippen LogP contribution in [0.5, 0.6) is 0 Å². The largest absolute Gasteiger partial charge is 0.216 e. The van der Waals surface area contributed by atoms with Crippen molar-refractivity contribution in [2.45, 2.75) is 32.1 Å². The van der Waals surface area contributed by atoms with E-state index >= 15 is 0 Å². The Morgan fingerprint density at radius 3 is 2.06 bits per heavy atom. The number of hydrogen-bond acceptors (Lipinski definition) is 2. The molecule has 0 spiro atoms. The maximum absolute atomic E-state index is 11.9. The van der Waals surface area contributed by atoms with E-state index in [1.807, 2.05) is 0 Å². The molecule has 0 aliphatic carbocycles. The van der Waals surface area contributed by atoms with Crippen molar-refractivity contribution in [3.63, 3.8) is 0 Å². The summed E-state index contributed by atoms with van der Waals surface area (Å²) in [6, 6.07) is 4.92. The monoisotopic (exact) mass is 295 g/mol. The van der Waals surface area contributed by atoms with Gasteiger partial charge in [0, 0.05) is 21.1 Å². The Labute approximate surface area is 112 Å². The molecule has 0 saturated carbocycles. The number of nitrogens with one attached hydrogen (secondary N) is 1. The van der Waals surface area contributed by atoms with E-state index in [9.17, 15) is 8.42 Å². The van der Waals surface area contributed by atoms with E-state index in [0.29, 0.717) is 15.6 Å². The van der Waals surface area contributed by atoms with Crippen LogP contribution in [0.25, 0.3) is 0 Å². The molecule has 6 heteroatoms. The average Bonchev–Trinajstić information content (AvgIpc) is 2.07. The molecule has 1 N–H and O–H groups in total. The summed E-state index contributed by atoms with van der Waals surface area (Å²) >= 11 is 11.9. The molecule has 0 fully saturated rings. The normalized spacial score (nSPS) is 12.8. The van der Waals surface area contributed by atoms with Gasteiger partial charge < -0.3 is 0 Å². The third-order valence-corrected chi connectivity index (χ3v) is 4.16. The SMILES string of the molecule is CC(C)(C)NS(=O)(=O)Cc1c(Cl)cccc1Cl. The van der Waals surface area contributed by atoms with Gasteiger partial charge >= 0.3 is 0 Å². The topological polar surface area (TPSA) is 46.2 Å². The first kappa shape index (κ1) is 14.8. The molecule has 0 atom stereocenters. The van der Waals surface area contributed by atoms with E-state index in [0.717, 1.165) is 0 Å². The van der Waals surface area contributed by atoms with Gasteiger partial charge in [-0.15, -0.1) is 0 Å². The fourth-order valence-corrected chi connectivity index (χ4v) is 3.75.